The molecule has 0 amide bonds. The molecule has 20 heavy (non-hydrogen) atoms. The van der Waals surface area contributed by atoms with Crippen LogP contribution in [0.25, 0.3) is 0 Å². The normalized spacial score (nSPS) is 17.1. The SMILES string of the molecule is COc1cc(S(=O)(=O)NCC2CCSCC2)ccc1N. The molecule has 0 unspecified atom stereocenters. The molecule has 1 fully saturated rings. The van der Waals surface area contributed by atoms with E-state index in [1.807, 2.05) is 11.8 Å². The van der Waals surface area contributed by atoms with Crippen molar-refractivity contribution >= 4 is 27.5 Å². The zero-order valence-corrected chi connectivity index (χ0v) is 13.1. The number of sulfonamides is 1. The van der Waals surface area contributed by atoms with Crippen molar-refractivity contribution < 1.29 is 13.2 Å². The molecule has 2 rings (SSSR count). The average molecular weight is 316 g/mol. The lowest BCUT2D eigenvalue weighted by molar-refractivity contribution is 0.415. The number of methoxy groups -OCH3 is 1. The van der Waals surface area contributed by atoms with Crippen molar-refractivity contribution in [1.29, 1.82) is 0 Å². The summed E-state index contributed by atoms with van der Waals surface area (Å²) in [6, 6.07) is 4.50. The monoisotopic (exact) mass is 316 g/mol. The van der Waals surface area contributed by atoms with E-state index in [1.54, 1.807) is 6.07 Å². The molecule has 1 aliphatic heterocycles. The third-order valence-electron chi connectivity index (χ3n) is 3.42. The van der Waals surface area contributed by atoms with E-state index in [0.29, 0.717) is 23.9 Å². The lowest BCUT2D eigenvalue weighted by atomic mass is 10.0. The largest absolute Gasteiger partial charge is 0.495 e. The number of nitrogens with one attached hydrogen (secondary N) is 1. The zero-order chi connectivity index (χ0) is 14.6. The fourth-order valence-corrected chi connectivity index (χ4v) is 4.46. The van der Waals surface area contributed by atoms with Gasteiger partial charge in [-0.25, -0.2) is 13.1 Å². The number of hydrogen-bond donors (Lipinski definition) is 2. The number of rotatable bonds is 5. The molecular weight excluding hydrogens is 296 g/mol. The second kappa shape index (κ2) is 6.69. The van der Waals surface area contributed by atoms with E-state index in [2.05, 4.69) is 4.72 Å². The maximum atomic E-state index is 12.2. The molecule has 0 aliphatic carbocycles. The summed E-state index contributed by atoms with van der Waals surface area (Å²) in [6.07, 6.45) is 2.14. The molecular formula is C13H20N2O3S2. The summed E-state index contributed by atoms with van der Waals surface area (Å²) < 4.78 is 32.2. The lowest BCUT2D eigenvalue weighted by Crippen LogP contribution is -2.31. The second-order valence-corrected chi connectivity index (χ2v) is 7.80. The number of anilines is 1. The standard InChI is InChI=1S/C13H20N2O3S2/c1-18-13-8-11(2-3-12(13)14)20(16,17)15-9-10-4-6-19-7-5-10/h2-3,8,10,15H,4-7,9,14H2,1H3. The summed E-state index contributed by atoms with van der Waals surface area (Å²) in [7, 11) is -2.03. The minimum absolute atomic E-state index is 0.189. The first kappa shape index (κ1) is 15.5. The van der Waals surface area contributed by atoms with Crippen LogP contribution < -0.4 is 15.2 Å². The van der Waals surface area contributed by atoms with Gasteiger partial charge in [0.2, 0.25) is 10.0 Å². The Hall–Kier alpha value is -0.920. The summed E-state index contributed by atoms with van der Waals surface area (Å²) in [5, 5.41) is 0. The molecule has 7 heteroatoms. The van der Waals surface area contributed by atoms with Gasteiger partial charge < -0.3 is 10.5 Å². The van der Waals surface area contributed by atoms with E-state index in [9.17, 15) is 8.42 Å². The van der Waals surface area contributed by atoms with Gasteiger partial charge in [0, 0.05) is 12.6 Å². The number of hydrogen-bond acceptors (Lipinski definition) is 5. The molecule has 3 N–H and O–H groups in total. The van der Waals surface area contributed by atoms with Crippen molar-refractivity contribution in [3.8, 4) is 5.75 Å². The third kappa shape index (κ3) is 3.80. The van der Waals surface area contributed by atoms with Crippen LogP contribution in [-0.2, 0) is 10.0 Å². The minimum atomic E-state index is -3.50. The molecule has 5 nitrogen and oxygen atoms in total. The summed E-state index contributed by atoms with van der Waals surface area (Å²) in [4.78, 5) is 0.189. The first-order valence-electron chi connectivity index (χ1n) is 6.54. The highest BCUT2D eigenvalue weighted by Gasteiger charge is 2.19. The van der Waals surface area contributed by atoms with Crippen molar-refractivity contribution in [3.05, 3.63) is 18.2 Å². The predicted molar refractivity (Wildman–Crippen MR) is 82.6 cm³/mol. The fourth-order valence-electron chi connectivity index (χ4n) is 2.12. The van der Waals surface area contributed by atoms with E-state index in [1.165, 1.54) is 19.2 Å². The van der Waals surface area contributed by atoms with Gasteiger partial charge in [-0.15, -0.1) is 0 Å². The molecule has 0 radical (unpaired) electrons. The first-order valence-corrected chi connectivity index (χ1v) is 9.17. The zero-order valence-electron chi connectivity index (χ0n) is 11.5. The highest BCUT2D eigenvalue weighted by molar-refractivity contribution is 7.99. The Kier molecular flexibility index (Phi) is 5.17. The number of nitrogen functional groups attached to an aromatic ring is 1. The van der Waals surface area contributed by atoms with Gasteiger partial charge >= 0.3 is 0 Å². The van der Waals surface area contributed by atoms with Crippen molar-refractivity contribution in [2.75, 3.05) is 30.9 Å². The molecule has 0 aromatic heterocycles. The van der Waals surface area contributed by atoms with E-state index in [-0.39, 0.29) is 4.90 Å². The van der Waals surface area contributed by atoms with Crippen LogP contribution in [0.1, 0.15) is 12.8 Å². The number of nitrogens with two attached hydrogens (primary N) is 1. The van der Waals surface area contributed by atoms with Crippen LogP contribution in [-0.4, -0.2) is 33.6 Å². The van der Waals surface area contributed by atoms with Gasteiger partial charge in [-0.2, -0.15) is 11.8 Å². The molecule has 0 atom stereocenters. The Bertz CT molecular complexity index is 555. The van der Waals surface area contributed by atoms with Crippen LogP contribution in [0, 0.1) is 5.92 Å². The highest BCUT2D eigenvalue weighted by Crippen LogP contribution is 2.25. The third-order valence-corrected chi connectivity index (χ3v) is 5.89. The highest BCUT2D eigenvalue weighted by atomic mass is 32.2. The maximum Gasteiger partial charge on any atom is 0.240 e. The van der Waals surface area contributed by atoms with Gasteiger partial charge in [-0.3, -0.25) is 0 Å². The Morgan fingerprint density at radius 1 is 1.40 bits per heavy atom. The Labute approximate surface area is 124 Å². The second-order valence-electron chi connectivity index (χ2n) is 4.81. The van der Waals surface area contributed by atoms with Gasteiger partial charge in [0.25, 0.3) is 0 Å². The number of ether oxygens (including phenoxy) is 1. The molecule has 0 bridgehead atoms. The maximum absolute atomic E-state index is 12.2. The van der Waals surface area contributed by atoms with Crippen LogP contribution in [0.2, 0.25) is 0 Å². The molecule has 112 valence electrons. The van der Waals surface area contributed by atoms with E-state index in [4.69, 9.17) is 10.5 Å². The van der Waals surface area contributed by atoms with Gasteiger partial charge in [0.05, 0.1) is 17.7 Å². The first-order chi connectivity index (χ1) is 9.53. The smallest absolute Gasteiger partial charge is 0.240 e. The van der Waals surface area contributed by atoms with Crippen LogP contribution in [0.4, 0.5) is 5.69 Å². The summed E-state index contributed by atoms with van der Waals surface area (Å²) in [6.45, 7) is 0.496. The summed E-state index contributed by atoms with van der Waals surface area (Å²) in [5.41, 5.74) is 6.12. The molecule has 1 saturated heterocycles. The van der Waals surface area contributed by atoms with Crippen molar-refractivity contribution in [3.63, 3.8) is 0 Å². The number of benzene rings is 1. The minimum Gasteiger partial charge on any atom is -0.495 e. The lowest BCUT2D eigenvalue weighted by Gasteiger charge is -2.21. The van der Waals surface area contributed by atoms with Gasteiger partial charge in [0.1, 0.15) is 5.75 Å². The van der Waals surface area contributed by atoms with Gasteiger partial charge in [-0.1, -0.05) is 0 Å². The molecule has 0 saturated carbocycles. The molecule has 1 aromatic rings. The van der Waals surface area contributed by atoms with E-state index < -0.39 is 10.0 Å². The fraction of sp³-hybridized carbons (Fsp3) is 0.538. The Morgan fingerprint density at radius 2 is 2.10 bits per heavy atom. The van der Waals surface area contributed by atoms with Crippen LogP contribution in [0.3, 0.4) is 0 Å². The van der Waals surface area contributed by atoms with Crippen LogP contribution >= 0.6 is 11.8 Å². The Balaban J connectivity index is 2.05. The van der Waals surface area contributed by atoms with Gasteiger partial charge in [-0.05, 0) is 42.4 Å². The van der Waals surface area contributed by atoms with E-state index in [0.717, 1.165) is 24.3 Å². The quantitative estimate of drug-likeness (QED) is 0.808. The molecule has 1 heterocycles. The van der Waals surface area contributed by atoms with E-state index >= 15 is 0 Å². The summed E-state index contributed by atoms with van der Waals surface area (Å²) in [5.74, 6) is 3.04. The van der Waals surface area contributed by atoms with Crippen LogP contribution in [0.15, 0.2) is 23.1 Å². The van der Waals surface area contributed by atoms with Crippen molar-refractivity contribution in [2.24, 2.45) is 5.92 Å². The van der Waals surface area contributed by atoms with Crippen molar-refractivity contribution in [1.82, 2.24) is 4.72 Å². The Morgan fingerprint density at radius 3 is 2.75 bits per heavy atom. The van der Waals surface area contributed by atoms with Crippen LogP contribution in [0.5, 0.6) is 5.75 Å². The van der Waals surface area contributed by atoms with Gasteiger partial charge in [0.15, 0.2) is 0 Å². The summed E-state index contributed by atoms with van der Waals surface area (Å²) >= 11 is 1.93. The van der Waals surface area contributed by atoms with Crippen molar-refractivity contribution in [2.45, 2.75) is 17.7 Å². The average Bonchev–Trinajstić information content (AvgIpc) is 2.46. The topological polar surface area (TPSA) is 81.4 Å². The predicted octanol–water partition coefficient (Wildman–Crippen LogP) is 1.70. The number of thioether (sulfide) groups is 1. The molecule has 0 spiro atoms. The molecule has 1 aliphatic rings. The molecule has 1 aromatic carbocycles.